The predicted octanol–water partition coefficient (Wildman–Crippen LogP) is 4.32. The van der Waals surface area contributed by atoms with Crippen molar-refractivity contribution in [3.63, 3.8) is 0 Å². The minimum Gasteiger partial charge on any atom is -0.492 e. The second kappa shape index (κ2) is 8.65. The van der Waals surface area contributed by atoms with Crippen LogP contribution in [0.1, 0.15) is 11.3 Å². The molecule has 2 aliphatic rings. The smallest absolute Gasteiger partial charge is 0.137 e. The first-order chi connectivity index (χ1) is 15.2. The summed E-state index contributed by atoms with van der Waals surface area (Å²) in [6, 6.07) is 14.2. The van der Waals surface area contributed by atoms with E-state index in [4.69, 9.17) is 18.6 Å². The molecule has 162 valence electrons. The van der Waals surface area contributed by atoms with Gasteiger partial charge in [-0.15, -0.1) is 0 Å². The maximum absolute atomic E-state index is 6.26. The number of aryl methyl sites for hydroxylation is 1. The average molecular weight is 421 g/mol. The molecule has 0 amide bonds. The van der Waals surface area contributed by atoms with Crippen molar-refractivity contribution in [3.8, 4) is 11.5 Å². The number of fused-ring (bicyclic) bond motifs is 2. The van der Waals surface area contributed by atoms with Crippen molar-refractivity contribution in [2.75, 3.05) is 57.9 Å². The molecular formula is C25H28N2O4. The highest BCUT2D eigenvalue weighted by atomic mass is 16.5. The molecule has 31 heavy (non-hydrogen) atoms. The van der Waals surface area contributed by atoms with Gasteiger partial charge in [0, 0.05) is 56.3 Å². The third-order valence-electron chi connectivity index (χ3n) is 5.82. The lowest BCUT2D eigenvalue weighted by molar-refractivity contribution is 0.0322. The summed E-state index contributed by atoms with van der Waals surface area (Å²) in [5.74, 6) is 3.41. The van der Waals surface area contributed by atoms with E-state index in [2.05, 4.69) is 35.1 Å². The fraction of sp³-hybridized carbons (Fsp3) is 0.360. The summed E-state index contributed by atoms with van der Waals surface area (Å²) < 4.78 is 23.5. The molecule has 6 heteroatoms. The quantitative estimate of drug-likeness (QED) is 0.592. The fourth-order valence-corrected chi connectivity index (χ4v) is 4.10. The van der Waals surface area contributed by atoms with E-state index >= 15 is 0 Å². The van der Waals surface area contributed by atoms with Crippen LogP contribution in [0.2, 0.25) is 0 Å². The molecule has 1 saturated heterocycles. The maximum Gasteiger partial charge on any atom is 0.137 e. The summed E-state index contributed by atoms with van der Waals surface area (Å²) >= 11 is 0. The molecule has 0 unspecified atom stereocenters. The van der Waals surface area contributed by atoms with E-state index in [9.17, 15) is 0 Å². The van der Waals surface area contributed by atoms with Crippen LogP contribution in [0.15, 0.2) is 53.0 Å². The molecule has 2 aromatic carbocycles. The van der Waals surface area contributed by atoms with Gasteiger partial charge in [0.2, 0.25) is 0 Å². The number of furan rings is 1. The van der Waals surface area contributed by atoms with Crippen LogP contribution in [0.3, 0.4) is 0 Å². The van der Waals surface area contributed by atoms with Gasteiger partial charge in [-0.3, -0.25) is 4.90 Å². The third kappa shape index (κ3) is 4.40. The molecule has 0 spiro atoms. The summed E-state index contributed by atoms with van der Waals surface area (Å²) in [6.45, 7) is 7.90. The van der Waals surface area contributed by atoms with Crippen molar-refractivity contribution in [1.82, 2.24) is 4.90 Å². The Kier molecular flexibility index (Phi) is 5.57. The number of nitrogens with zero attached hydrogens (tertiary/aromatic N) is 2. The second-order valence-corrected chi connectivity index (χ2v) is 8.09. The van der Waals surface area contributed by atoms with E-state index < -0.39 is 0 Å². The molecule has 2 aliphatic heterocycles. The van der Waals surface area contributed by atoms with Crippen LogP contribution in [0.25, 0.3) is 16.7 Å². The third-order valence-corrected chi connectivity index (χ3v) is 5.82. The number of likely N-dealkylation sites (N-methyl/N-ethyl adjacent to an activating group) is 1. The minimum atomic E-state index is 0.671. The Balaban J connectivity index is 1.29. The summed E-state index contributed by atoms with van der Waals surface area (Å²) in [5.41, 5.74) is 3.01. The van der Waals surface area contributed by atoms with Crippen molar-refractivity contribution < 1.29 is 18.6 Å². The van der Waals surface area contributed by atoms with Crippen LogP contribution in [0, 0.1) is 6.92 Å². The van der Waals surface area contributed by atoms with Gasteiger partial charge < -0.3 is 23.5 Å². The van der Waals surface area contributed by atoms with Crippen molar-refractivity contribution in [3.05, 3.63) is 59.9 Å². The van der Waals surface area contributed by atoms with E-state index in [0.29, 0.717) is 6.61 Å². The number of rotatable bonds is 6. The lowest BCUT2D eigenvalue weighted by atomic mass is 10.1. The van der Waals surface area contributed by atoms with Crippen LogP contribution in [-0.4, -0.2) is 57.9 Å². The molecule has 0 N–H and O–H groups in total. The Morgan fingerprint density at radius 2 is 1.84 bits per heavy atom. The fourth-order valence-electron chi connectivity index (χ4n) is 4.10. The monoisotopic (exact) mass is 420 g/mol. The van der Waals surface area contributed by atoms with Gasteiger partial charge in [-0.25, -0.2) is 0 Å². The van der Waals surface area contributed by atoms with Crippen molar-refractivity contribution >= 4 is 22.4 Å². The highest BCUT2D eigenvalue weighted by Gasteiger charge is 2.19. The van der Waals surface area contributed by atoms with Gasteiger partial charge in [0.25, 0.3) is 0 Å². The number of benzene rings is 2. The topological polar surface area (TPSA) is 47.3 Å². The van der Waals surface area contributed by atoms with E-state index in [1.54, 1.807) is 0 Å². The summed E-state index contributed by atoms with van der Waals surface area (Å²) in [6.07, 6.45) is 2.11. The van der Waals surface area contributed by atoms with E-state index in [-0.39, 0.29) is 0 Å². The van der Waals surface area contributed by atoms with Crippen LogP contribution < -0.4 is 14.4 Å². The lowest BCUT2D eigenvalue weighted by Crippen LogP contribution is -2.38. The Hall–Kier alpha value is -2.96. The maximum atomic E-state index is 6.26. The lowest BCUT2D eigenvalue weighted by Gasteiger charge is -2.28. The molecule has 3 aromatic rings. The molecule has 0 radical (unpaired) electrons. The van der Waals surface area contributed by atoms with Gasteiger partial charge in [-0.2, -0.15) is 0 Å². The predicted molar refractivity (Wildman–Crippen MR) is 122 cm³/mol. The first-order valence-corrected chi connectivity index (χ1v) is 10.8. The van der Waals surface area contributed by atoms with Crippen LogP contribution in [0.5, 0.6) is 11.5 Å². The normalized spacial score (nSPS) is 16.8. The Morgan fingerprint density at radius 3 is 2.71 bits per heavy atom. The van der Waals surface area contributed by atoms with Crippen molar-refractivity contribution in [1.29, 1.82) is 0 Å². The first-order valence-electron chi connectivity index (χ1n) is 10.8. The van der Waals surface area contributed by atoms with Gasteiger partial charge >= 0.3 is 0 Å². The second-order valence-electron chi connectivity index (χ2n) is 8.09. The van der Waals surface area contributed by atoms with Gasteiger partial charge in [0.15, 0.2) is 0 Å². The SMILES string of the molecule is Cc1cc2ccc(OC3=CCN(C)c4cc(OCCN5CCOCC5)ccc43)cc2o1. The van der Waals surface area contributed by atoms with Gasteiger partial charge in [-0.1, -0.05) is 0 Å². The Labute approximate surface area is 182 Å². The Bertz CT molecular complexity index is 1100. The van der Waals surface area contributed by atoms with E-state index in [1.165, 1.54) is 0 Å². The van der Waals surface area contributed by atoms with E-state index in [0.717, 1.165) is 84.6 Å². The molecule has 3 heterocycles. The molecular weight excluding hydrogens is 392 g/mol. The first kappa shape index (κ1) is 20.0. The largest absolute Gasteiger partial charge is 0.492 e. The zero-order valence-corrected chi connectivity index (χ0v) is 18.1. The number of hydrogen-bond donors (Lipinski definition) is 0. The molecule has 0 atom stereocenters. The zero-order valence-electron chi connectivity index (χ0n) is 18.1. The number of hydrogen-bond acceptors (Lipinski definition) is 6. The minimum absolute atomic E-state index is 0.671. The van der Waals surface area contributed by atoms with Crippen LogP contribution in [-0.2, 0) is 4.74 Å². The Morgan fingerprint density at radius 1 is 1.00 bits per heavy atom. The van der Waals surface area contributed by atoms with Crippen molar-refractivity contribution in [2.45, 2.75) is 6.92 Å². The molecule has 6 nitrogen and oxygen atoms in total. The molecule has 1 aromatic heterocycles. The summed E-state index contributed by atoms with van der Waals surface area (Å²) in [7, 11) is 2.08. The van der Waals surface area contributed by atoms with Crippen molar-refractivity contribution in [2.24, 2.45) is 0 Å². The molecule has 0 saturated carbocycles. The highest BCUT2D eigenvalue weighted by Crippen LogP contribution is 2.36. The summed E-state index contributed by atoms with van der Waals surface area (Å²) in [5, 5.41) is 1.08. The van der Waals surface area contributed by atoms with Crippen LogP contribution in [0.4, 0.5) is 5.69 Å². The van der Waals surface area contributed by atoms with Crippen LogP contribution >= 0.6 is 0 Å². The molecule has 0 bridgehead atoms. The van der Waals surface area contributed by atoms with Gasteiger partial charge in [-0.05, 0) is 43.3 Å². The number of ether oxygens (including phenoxy) is 3. The molecule has 0 aliphatic carbocycles. The molecule has 5 rings (SSSR count). The van der Waals surface area contributed by atoms with Gasteiger partial charge in [0.1, 0.15) is 35.2 Å². The average Bonchev–Trinajstić information content (AvgIpc) is 3.16. The number of anilines is 1. The molecule has 1 fully saturated rings. The van der Waals surface area contributed by atoms with E-state index in [1.807, 2.05) is 37.3 Å². The highest BCUT2D eigenvalue weighted by molar-refractivity contribution is 5.81. The summed E-state index contributed by atoms with van der Waals surface area (Å²) in [4.78, 5) is 4.58. The standard InChI is InChI=1S/C25H28N2O4/c1-18-15-19-3-4-21(17-25(19)30-18)31-24-7-8-26(2)23-16-20(5-6-22(23)24)29-14-11-27-9-12-28-13-10-27/h3-7,15-17H,8-14H2,1-2H3. The zero-order chi connectivity index (χ0) is 21.2. The number of morpholine rings is 1. The van der Waals surface area contributed by atoms with Gasteiger partial charge in [0.05, 0.1) is 18.9 Å².